The molecule has 6 unspecified atom stereocenters. The van der Waals surface area contributed by atoms with Crippen LogP contribution in [0.25, 0.3) is 0 Å². The Hall–Kier alpha value is -2.92. The lowest BCUT2D eigenvalue weighted by Crippen LogP contribution is -2.62. The number of pyridine rings is 1. The van der Waals surface area contributed by atoms with Crippen LogP contribution in [-0.2, 0) is 22.5 Å². The molecular weight excluding hydrogens is 546 g/mol. The smallest absolute Gasteiger partial charge is 0.250 e. The summed E-state index contributed by atoms with van der Waals surface area (Å²) in [5, 5.41) is 21.5. The van der Waals surface area contributed by atoms with Gasteiger partial charge in [-0.3, -0.25) is 14.8 Å². The van der Waals surface area contributed by atoms with Gasteiger partial charge in [0.15, 0.2) is 0 Å². The number of carbonyl (C=O) groups is 1. The Labute approximate surface area is 253 Å². The Kier molecular flexibility index (Phi) is 7.96. The molecule has 5 aliphatic heterocycles. The fraction of sp³-hybridized carbons (Fsp3) is 0.636. The van der Waals surface area contributed by atoms with Crippen molar-refractivity contribution in [2.24, 2.45) is 17.8 Å². The summed E-state index contributed by atoms with van der Waals surface area (Å²) in [5.74, 6) is 0.603. The molecule has 2 bridgehead atoms. The largest absolute Gasteiger partial charge is 0.733 e. The molecule has 1 aromatic carbocycles. The number of hydrogen-bond acceptors (Lipinski definition) is 8. The third kappa shape index (κ3) is 5.26. The van der Waals surface area contributed by atoms with Crippen molar-refractivity contribution in [3.05, 3.63) is 63.2 Å². The zero-order valence-corrected chi connectivity index (χ0v) is 25.1. The predicted octanol–water partition coefficient (Wildman–Crippen LogP) is 3.45. The number of hydrogen-bond donors (Lipinski definition) is 1. The molecular formula is C33H44N5O5-. The number of benzene rings is 1. The van der Waals surface area contributed by atoms with Crippen LogP contribution in [0.3, 0.4) is 0 Å². The molecule has 3 saturated heterocycles. The summed E-state index contributed by atoms with van der Waals surface area (Å²) in [6, 6.07) is 11.3. The van der Waals surface area contributed by atoms with Crippen LogP contribution >= 0.6 is 0 Å². The van der Waals surface area contributed by atoms with Gasteiger partial charge in [0, 0.05) is 68.7 Å². The number of rotatable bonds is 7. The lowest BCUT2D eigenvalue weighted by Gasteiger charge is -2.55. The second kappa shape index (κ2) is 11.9. The first kappa shape index (κ1) is 28.8. The third-order valence-corrected chi connectivity index (χ3v) is 11.1. The van der Waals surface area contributed by atoms with Crippen molar-refractivity contribution in [3.63, 3.8) is 0 Å². The van der Waals surface area contributed by atoms with Crippen LogP contribution in [0.5, 0.6) is 0 Å². The number of fused-ring (bicyclic) bond motifs is 9. The van der Waals surface area contributed by atoms with Crippen molar-refractivity contribution < 1.29 is 14.7 Å². The number of anilines is 2. The van der Waals surface area contributed by atoms with Gasteiger partial charge in [-0.2, -0.15) is 0 Å². The minimum absolute atomic E-state index is 0.0268. The maximum atomic E-state index is 14.8. The second-order valence-corrected chi connectivity index (χ2v) is 13.4. The number of ether oxygens (including phenoxy) is 1. The number of aromatic nitrogens is 1. The lowest BCUT2D eigenvalue weighted by molar-refractivity contribution is -0.139. The molecule has 0 saturated carbocycles. The third-order valence-electron chi connectivity index (χ3n) is 11.1. The summed E-state index contributed by atoms with van der Waals surface area (Å²) in [5.41, 5.74) is 3.20. The zero-order chi connectivity index (χ0) is 29.7. The Balaban J connectivity index is 1.24. The highest BCUT2D eigenvalue weighted by Gasteiger charge is 2.50. The first-order valence-corrected chi connectivity index (χ1v) is 16.2. The molecule has 1 N–H and O–H groups in total. The molecule has 3 fully saturated rings. The lowest BCUT2D eigenvalue weighted by atomic mass is 9.69. The summed E-state index contributed by atoms with van der Waals surface area (Å²) < 4.78 is 7.44. The number of amides is 1. The van der Waals surface area contributed by atoms with Crippen LogP contribution in [-0.4, -0.2) is 84.0 Å². The van der Waals surface area contributed by atoms with Gasteiger partial charge in [-0.15, -0.1) is 0 Å². The number of nitrogens with zero attached hydrogens (tertiary/aromatic N) is 5. The van der Waals surface area contributed by atoms with Gasteiger partial charge < -0.3 is 34.4 Å². The van der Waals surface area contributed by atoms with E-state index in [1.807, 2.05) is 16.7 Å². The molecule has 5 aliphatic rings. The van der Waals surface area contributed by atoms with E-state index in [0.29, 0.717) is 44.6 Å². The molecule has 43 heavy (non-hydrogen) atoms. The molecule has 7 rings (SSSR count). The van der Waals surface area contributed by atoms with E-state index < -0.39 is 0 Å². The Morgan fingerprint density at radius 2 is 1.98 bits per heavy atom. The predicted molar refractivity (Wildman–Crippen MR) is 164 cm³/mol. The van der Waals surface area contributed by atoms with Gasteiger partial charge in [0.1, 0.15) is 0 Å². The molecule has 0 aliphatic carbocycles. The minimum Gasteiger partial charge on any atom is -0.733 e. The molecule has 0 spiro atoms. The number of piperidine rings is 3. The van der Waals surface area contributed by atoms with Gasteiger partial charge in [0.05, 0.1) is 18.2 Å². The van der Waals surface area contributed by atoms with E-state index in [1.54, 1.807) is 25.3 Å². The van der Waals surface area contributed by atoms with E-state index >= 15 is 0 Å². The molecule has 0 radical (unpaired) electrons. The van der Waals surface area contributed by atoms with Gasteiger partial charge in [0.2, 0.25) is 5.91 Å². The Morgan fingerprint density at radius 1 is 1.12 bits per heavy atom. The van der Waals surface area contributed by atoms with Crippen molar-refractivity contribution in [1.82, 2.24) is 14.4 Å². The van der Waals surface area contributed by atoms with Crippen LogP contribution < -0.4 is 15.7 Å². The number of carbonyl (C=O) groups excluding carboxylic acids is 1. The molecule has 10 heteroatoms. The maximum Gasteiger partial charge on any atom is 0.250 e. The van der Waals surface area contributed by atoms with E-state index in [2.05, 4.69) is 20.8 Å². The van der Waals surface area contributed by atoms with Gasteiger partial charge in [0.25, 0.3) is 5.56 Å². The Morgan fingerprint density at radius 3 is 2.81 bits per heavy atom. The monoisotopic (exact) mass is 590 g/mol. The standard InChI is InChI=1S/C33H44N5O5/c1-43-15-14-35(19-22-6-5-13-34-12-3-2-7-28(22)34)33(40)27-18-23-17-26(38(41)42)10-11-30(23)37-20-24-16-25(32(27)37)21-36-29(24)8-4-9-31(36)39/h4,8-11,17,22,24-25,27-28,32,41H,2-3,5-7,12-16,18-21H2,1H3/q-1. The van der Waals surface area contributed by atoms with E-state index in [1.165, 1.54) is 25.7 Å². The highest BCUT2D eigenvalue weighted by molar-refractivity contribution is 5.83. The van der Waals surface area contributed by atoms with Gasteiger partial charge in [-0.25, -0.2) is 0 Å². The van der Waals surface area contributed by atoms with E-state index in [9.17, 15) is 20.0 Å². The van der Waals surface area contributed by atoms with Gasteiger partial charge in [-0.1, -0.05) is 12.5 Å². The van der Waals surface area contributed by atoms with Crippen molar-refractivity contribution in [2.75, 3.05) is 56.6 Å². The van der Waals surface area contributed by atoms with E-state index in [0.717, 1.165) is 49.4 Å². The number of methoxy groups -OCH3 is 1. The normalized spacial score (nSPS) is 29.6. The van der Waals surface area contributed by atoms with E-state index in [4.69, 9.17) is 4.74 Å². The average Bonchev–Trinajstić information content (AvgIpc) is 3.02. The average molecular weight is 591 g/mol. The van der Waals surface area contributed by atoms with Crippen molar-refractivity contribution in [3.8, 4) is 0 Å². The summed E-state index contributed by atoms with van der Waals surface area (Å²) in [6.45, 7) is 5.41. The highest BCUT2D eigenvalue weighted by Crippen LogP contribution is 2.48. The van der Waals surface area contributed by atoms with Crippen molar-refractivity contribution in [1.29, 1.82) is 0 Å². The topological polar surface area (TPSA) is 105 Å². The fourth-order valence-electron chi connectivity index (χ4n) is 9.24. The molecule has 2 aromatic rings. The first-order chi connectivity index (χ1) is 20.9. The zero-order valence-electron chi connectivity index (χ0n) is 25.1. The molecule has 1 amide bonds. The van der Waals surface area contributed by atoms with Crippen LogP contribution in [0.15, 0.2) is 41.2 Å². The van der Waals surface area contributed by atoms with E-state index in [-0.39, 0.29) is 46.2 Å². The second-order valence-electron chi connectivity index (χ2n) is 13.4. The molecule has 10 nitrogen and oxygen atoms in total. The highest BCUT2D eigenvalue weighted by atomic mass is 16.8. The van der Waals surface area contributed by atoms with Crippen molar-refractivity contribution >= 4 is 17.3 Å². The van der Waals surface area contributed by atoms with Crippen LogP contribution in [0.4, 0.5) is 11.4 Å². The van der Waals surface area contributed by atoms with Crippen LogP contribution in [0.1, 0.15) is 55.7 Å². The van der Waals surface area contributed by atoms with Crippen molar-refractivity contribution in [2.45, 2.75) is 69.5 Å². The molecule has 6 atom stereocenters. The summed E-state index contributed by atoms with van der Waals surface area (Å²) in [7, 11) is 1.69. The quantitative estimate of drug-likeness (QED) is 0.489. The van der Waals surface area contributed by atoms with Gasteiger partial charge >= 0.3 is 0 Å². The molecule has 232 valence electrons. The maximum absolute atomic E-state index is 14.8. The minimum atomic E-state index is -0.323. The molecule has 1 aromatic heterocycles. The summed E-state index contributed by atoms with van der Waals surface area (Å²) in [4.78, 5) is 34.9. The fourth-order valence-corrected chi connectivity index (χ4v) is 9.24. The SMILES string of the molecule is COCCN(CC1CCCN2CCCCC12)C(=O)C1Cc2cc(N([O-])O)ccc2N2CC3CC(Cn4c3cccc4=O)C12. The summed E-state index contributed by atoms with van der Waals surface area (Å²) in [6.07, 6.45) is 7.49. The van der Waals surface area contributed by atoms with Crippen LogP contribution in [0, 0.1) is 23.0 Å². The first-order valence-electron chi connectivity index (χ1n) is 16.2. The van der Waals surface area contributed by atoms with Crippen LogP contribution in [0.2, 0.25) is 0 Å². The summed E-state index contributed by atoms with van der Waals surface area (Å²) >= 11 is 0. The molecule has 6 heterocycles. The Bertz CT molecular complexity index is 1390. The van der Waals surface area contributed by atoms with Gasteiger partial charge in [-0.05, 0) is 93.3 Å².